The molecule has 1 saturated heterocycles. The topological polar surface area (TPSA) is 116 Å². The summed E-state index contributed by atoms with van der Waals surface area (Å²) in [5.74, 6) is -0.775. The van der Waals surface area contributed by atoms with Crippen LogP contribution in [0.2, 0.25) is 18.1 Å². The molecule has 0 aromatic carbocycles. The smallest absolute Gasteiger partial charge is 0.264 e. The molecule has 1 aliphatic heterocycles. The number of hydrogen-bond acceptors (Lipinski definition) is 10. The Morgan fingerprint density at radius 2 is 1.98 bits per heavy atom. The zero-order valence-electron chi connectivity index (χ0n) is 27.2. The van der Waals surface area contributed by atoms with Crippen LogP contribution in [0.15, 0.2) is 45.5 Å². The van der Waals surface area contributed by atoms with Gasteiger partial charge in [0.15, 0.2) is 20.0 Å². The van der Waals surface area contributed by atoms with Gasteiger partial charge in [-0.05, 0) is 36.5 Å². The molecule has 43 heavy (non-hydrogen) atoms. The minimum Gasteiger partial charge on any atom is -0.448 e. The Kier molecular flexibility index (Phi) is 14.5. The SMILES string of the molecule is CO[C@@H]1C[C@H]([C@@H](/C=C(C)/C=C/[C@@H](C/C=C/Br)OC)O[Si](C)(C)C(C)(C)C)O[C@@](Cc2nc(COS(C)(=O)=O)co2)(OC)C1. The predicted octanol–water partition coefficient (Wildman–Crippen LogP) is 6.44. The van der Waals surface area contributed by atoms with Crippen LogP contribution in [0.1, 0.15) is 58.5 Å². The van der Waals surface area contributed by atoms with E-state index in [2.05, 4.69) is 60.9 Å². The molecule has 2 heterocycles. The highest BCUT2D eigenvalue weighted by Crippen LogP contribution is 2.41. The first-order valence-electron chi connectivity index (χ1n) is 14.3. The Labute approximate surface area is 267 Å². The zero-order chi connectivity index (χ0) is 32.5. The molecule has 1 aromatic heterocycles. The fourth-order valence-electron chi connectivity index (χ4n) is 4.40. The summed E-state index contributed by atoms with van der Waals surface area (Å²) in [4.78, 5) is 6.24. The van der Waals surface area contributed by atoms with Crippen molar-refractivity contribution in [3.63, 3.8) is 0 Å². The lowest BCUT2D eigenvalue weighted by Crippen LogP contribution is -2.55. The second-order valence-electron chi connectivity index (χ2n) is 12.4. The van der Waals surface area contributed by atoms with Crippen molar-refractivity contribution in [2.24, 2.45) is 0 Å². The summed E-state index contributed by atoms with van der Waals surface area (Å²) < 4.78 is 64.5. The molecule has 0 bridgehead atoms. The Morgan fingerprint density at radius 1 is 1.28 bits per heavy atom. The lowest BCUT2D eigenvalue weighted by Gasteiger charge is -2.47. The minimum absolute atomic E-state index is 0.0256. The molecule has 1 fully saturated rings. The molecular weight excluding hydrogens is 658 g/mol. The van der Waals surface area contributed by atoms with Crippen LogP contribution in [0.3, 0.4) is 0 Å². The number of aromatic nitrogens is 1. The van der Waals surface area contributed by atoms with Crippen molar-refractivity contribution in [2.45, 2.75) is 108 Å². The molecule has 10 nitrogen and oxygen atoms in total. The molecule has 0 radical (unpaired) electrons. The lowest BCUT2D eigenvalue weighted by atomic mass is 9.92. The fourth-order valence-corrected chi connectivity index (χ4v) is 6.21. The predicted molar refractivity (Wildman–Crippen MR) is 173 cm³/mol. The van der Waals surface area contributed by atoms with E-state index in [9.17, 15) is 8.42 Å². The van der Waals surface area contributed by atoms with Gasteiger partial charge in [-0.3, -0.25) is 4.18 Å². The standard InChI is InChI=1S/C30H50BrNO9SSi/c1-22(13-14-24(35-5)12-11-15-31)16-27(41-43(9,10)29(2,3)4)26-17-25(36-6)18-30(37-7,40-26)19-28-32-23(20-38-28)21-39-42(8,33)34/h11,13-16,20,24-27H,12,17-19,21H2,1-10H3/b14-13+,15-11+,22-16+/t24-,25-,26-,27-,30+/m1/s1. The summed E-state index contributed by atoms with van der Waals surface area (Å²) in [6.45, 7) is 12.9. The van der Waals surface area contributed by atoms with Crippen molar-refractivity contribution in [2.75, 3.05) is 27.6 Å². The van der Waals surface area contributed by atoms with Crippen LogP contribution in [0.4, 0.5) is 0 Å². The van der Waals surface area contributed by atoms with E-state index in [1.165, 1.54) is 6.26 Å². The largest absolute Gasteiger partial charge is 0.448 e. The summed E-state index contributed by atoms with van der Waals surface area (Å²) in [6, 6.07) is 0. The summed E-state index contributed by atoms with van der Waals surface area (Å²) >= 11 is 3.31. The molecule has 0 aliphatic carbocycles. The van der Waals surface area contributed by atoms with Gasteiger partial charge in [0.25, 0.3) is 10.1 Å². The number of nitrogens with zero attached hydrogens (tertiary/aromatic N) is 1. The molecule has 2 rings (SSSR count). The number of hydrogen-bond donors (Lipinski definition) is 0. The zero-order valence-corrected chi connectivity index (χ0v) is 30.6. The van der Waals surface area contributed by atoms with Crippen molar-refractivity contribution in [1.82, 2.24) is 4.98 Å². The van der Waals surface area contributed by atoms with Gasteiger partial charge >= 0.3 is 0 Å². The van der Waals surface area contributed by atoms with E-state index in [0.29, 0.717) is 24.4 Å². The average molecular weight is 709 g/mol. The number of rotatable bonds is 16. The summed E-state index contributed by atoms with van der Waals surface area (Å²) in [6.07, 6.45) is 11.5. The van der Waals surface area contributed by atoms with Gasteiger partial charge in [0.1, 0.15) is 18.6 Å². The lowest BCUT2D eigenvalue weighted by molar-refractivity contribution is -0.297. The third-order valence-electron chi connectivity index (χ3n) is 7.91. The Balaban J connectivity index is 2.42. The fraction of sp³-hybridized carbons (Fsp3) is 0.700. The van der Waals surface area contributed by atoms with Crippen molar-refractivity contribution >= 4 is 34.4 Å². The van der Waals surface area contributed by atoms with E-state index in [4.69, 9.17) is 32.0 Å². The maximum absolute atomic E-state index is 11.4. The van der Waals surface area contributed by atoms with Gasteiger partial charge in [0.05, 0.1) is 37.1 Å². The highest BCUT2D eigenvalue weighted by atomic mass is 79.9. The number of halogens is 1. The van der Waals surface area contributed by atoms with Gasteiger partial charge in [-0.25, -0.2) is 4.98 Å². The Bertz CT molecular complexity index is 1210. The second-order valence-corrected chi connectivity index (χ2v) is 19.4. The maximum atomic E-state index is 11.4. The van der Waals surface area contributed by atoms with Gasteiger partial charge in [0, 0.05) is 34.2 Å². The third kappa shape index (κ3) is 12.3. The summed E-state index contributed by atoms with van der Waals surface area (Å²) in [5.41, 5.74) is 1.37. The Morgan fingerprint density at radius 3 is 2.53 bits per heavy atom. The molecule has 0 saturated carbocycles. The second kappa shape index (κ2) is 16.4. The molecule has 246 valence electrons. The van der Waals surface area contributed by atoms with E-state index in [0.717, 1.165) is 18.2 Å². The monoisotopic (exact) mass is 707 g/mol. The first-order chi connectivity index (χ1) is 20.0. The molecule has 0 amide bonds. The summed E-state index contributed by atoms with van der Waals surface area (Å²) in [7, 11) is -0.888. The first-order valence-corrected chi connectivity index (χ1v) is 20.0. The highest BCUT2D eigenvalue weighted by molar-refractivity contribution is 9.11. The molecule has 0 spiro atoms. The van der Waals surface area contributed by atoms with Crippen LogP contribution in [0.25, 0.3) is 0 Å². The average Bonchev–Trinajstić information content (AvgIpc) is 3.37. The van der Waals surface area contributed by atoms with E-state index >= 15 is 0 Å². The van der Waals surface area contributed by atoms with Crippen LogP contribution >= 0.6 is 15.9 Å². The number of allylic oxidation sites excluding steroid dienone is 2. The van der Waals surface area contributed by atoms with Crippen LogP contribution < -0.4 is 0 Å². The van der Waals surface area contributed by atoms with Crippen molar-refractivity contribution in [1.29, 1.82) is 0 Å². The van der Waals surface area contributed by atoms with Crippen molar-refractivity contribution < 1.29 is 40.4 Å². The van der Waals surface area contributed by atoms with E-state index in [1.54, 1.807) is 21.3 Å². The van der Waals surface area contributed by atoms with Crippen molar-refractivity contribution in [3.05, 3.63) is 52.7 Å². The molecular formula is C30H50BrNO9SSi. The Hall–Kier alpha value is -1.16. The normalized spacial score (nSPS) is 24.2. The number of ether oxygens (including phenoxy) is 4. The van der Waals surface area contributed by atoms with Crippen LogP contribution in [0.5, 0.6) is 0 Å². The highest BCUT2D eigenvalue weighted by Gasteiger charge is 2.48. The molecule has 1 aromatic rings. The van der Waals surface area contributed by atoms with Gasteiger partial charge < -0.3 is 27.8 Å². The van der Waals surface area contributed by atoms with E-state index in [-0.39, 0.29) is 36.4 Å². The van der Waals surface area contributed by atoms with Crippen molar-refractivity contribution in [3.8, 4) is 0 Å². The van der Waals surface area contributed by atoms with Gasteiger partial charge in [-0.1, -0.05) is 66.6 Å². The van der Waals surface area contributed by atoms with Crippen LogP contribution in [-0.2, 0) is 50.7 Å². The quantitative estimate of drug-likeness (QED) is 0.108. The van der Waals surface area contributed by atoms with Gasteiger partial charge in [-0.2, -0.15) is 8.42 Å². The van der Waals surface area contributed by atoms with Gasteiger partial charge in [-0.15, -0.1) is 0 Å². The third-order valence-corrected chi connectivity index (χ3v) is 13.3. The molecule has 1 aliphatic rings. The molecule has 0 unspecified atom stereocenters. The van der Waals surface area contributed by atoms with E-state index < -0.39 is 30.3 Å². The van der Waals surface area contributed by atoms with Crippen LogP contribution in [0, 0.1) is 0 Å². The minimum atomic E-state index is -3.62. The molecule has 13 heteroatoms. The number of oxazole rings is 1. The van der Waals surface area contributed by atoms with Gasteiger partial charge in [0.2, 0.25) is 0 Å². The maximum Gasteiger partial charge on any atom is 0.264 e. The van der Waals surface area contributed by atoms with E-state index in [1.807, 2.05) is 30.1 Å². The molecule has 5 atom stereocenters. The molecule has 0 N–H and O–H groups in total. The summed E-state index contributed by atoms with van der Waals surface area (Å²) in [5, 5.41) is -0.0256. The number of methoxy groups -OCH3 is 3. The van der Waals surface area contributed by atoms with Crippen LogP contribution in [-0.4, -0.2) is 79.5 Å². The first kappa shape index (κ1) is 38.0.